The number of hydrogen-bond acceptors (Lipinski definition) is 3. The molecular formula is C25H30N2O2. The lowest BCUT2D eigenvalue weighted by Gasteiger charge is -2.37. The van der Waals surface area contributed by atoms with Crippen molar-refractivity contribution in [2.24, 2.45) is 0 Å². The van der Waals surface area contributed by atoms with E-state index in [2.05, 4.69) is 43.3 Å². The zero-order valence-electron chi connectivity index (χ0n) is 17.9. The number of likely N-dealkylation sites (tertiary alicyclic amines) is 1. The number of piperidine rings is 1. The molecule has 2 aromatic carbocycles. The lowest BCUT2D eigenvalue weighted by Crippen LogP contribution is -2.41. The monoisotopic (exact) mass is 390 g/mol. The summed E-state index contributed by atoms with van der Waals surface area (Å²) in [6.07, 6.45) is 3.68. The first-order valence-corrected chi connectivity index (χ1v) is 10.5. The van der Waals surface area contributed by atoms with Crippen molar-refractivity contribution in [3.8, 4) is 17.2 Å². The van der Waals surface area contributed by atoms with Crippen LogP contribution in [0.2, 0.25) is 0 Å². The number of nitrogens with zero attached hydrogens (tertiary/aromatic N) is 2. The highest BCUT2D eigenvalue weighted by atomic mass is 16.6. The van der Waals surface area contributed by atoms with Gasteiger partial charge in [-0.25, -0.2) is 4.79 Å². The van der Waals surface area contributed by atoms with E-state index in [4.69, 9.17) is 4.74 Å². The Morgan fingerprint density at radius 3 is 2.52 bits per heavy atom. The summed E-state index contributed by atoms with van der Waals surface area (Å²) in [7, 11) is 0. The van der Waals surface area contributed by atoms with E-state index in [0.29, 0.717) is 12.1 Å². The number of carbonyl (C=O) groups is 1. The number of benzene rings is 2. The molecule has 1 saturated heterocycles. The van der Waals surface area contributed by atoms with Crippen molar-refractivity contribution in [1.82, 2.24) is 4.90 Å². The van der Waals surface area contributed by atoms with Gasteiger partial charge in [0, 0.05) is 6.54 Å². The number of carbonyl (C=O) groups excluding carboxylic acids is 1. The third-order valence-electron chi connectivity index (χ3n) is 5.35. The standard InChI is InChI=1S/C25H30N2O2/c1-5-18-9-11-19(12-10-18)22-16-20(13-14-21(22)17-26)23-8-6-7-15-27(23)24(28)29-25(2,3)4/h9-14,16,23H,5-8,15H2,1-4H3. The number of ether oxygens (including phenoxy) is 1. The van der Waals surface area contributed by atoms with Crippen molar-refractivity contribution in [1.29, 1.82) is 5.26 Å². The van der Waals surface area contributed by atoms with E-state index in [0.717, 1.165) is 42.4 Å². The van der Waals surface area contributed by atoms with Crippen LogP contribution in [0.4, 0.5) is 4.79 Å². The molecule has 1 aliphatic heterocycles. The van der Waals surface area contributed by atoms with Crippen LogP contribution < -0.4 is 0 Å². The molecule has 152 valence electrons. The highest BCUT2D eigenvalue weighted by Gasteiger charge is 2.31. The minimum absolute atomic E-state index is 0.0278. The molecule has 0 saturated carbocycles. The molecule has 0 radical (unpaired) electrons. The lowest BCUT2D eigenvalue weighted by molar-refractivity contribution is 0.00952. The van der Waals surface area contributed by atoms with E-state index >= 15 is 0 Å². The Morgan fingerprint density at radius 2 is 1.90 bits per heavy atom. The quantitative estimate of drug-likeness (QED) is 0.622. The maximum atomic E-state index is 12.8. The minimum Gasteiger partial charge on any atom is -0.444 e. The van der Waals surface area contributed by atoms with Gasteiger partial charge in [-0.2, -0.15) is 5.26 Å². The van der Waals surface area contributed by atoms with Crippen molar-refractivity contribution in [2.45, 2.75) is 65.0 Å². The molecule has 1 heterocycles. The molecule has 0 aliphatic carbocycles. The lowest BCUT2D eigenvalue weighted by atomic mass is 9.90. The van der Waals surface area contributed by atoms with Crippen LogP contribution in [0, 0.1) is 11.3 Å². The fourth-order valence-corrected chi connectivity index (χ4v) is 3.84. The third kappa shape index (κ3) is 4.98. The van der Waals surface area contributed by atoms with Gasteiger partial charge in [0.15, 0.2) is 0 Å². The molecule has 3 rings (SSSR count). The third-order valence-corrected chi connectivity index (χ3v) is 5.35. The van der Waals surface area contributed by atoms with Crippen LogP contribution in [0.1, 0.15) is 69.7 Å². The van der Waals surface area contributed by atoms with Crippen LogP contribution in [0.3, 0.4) is 0 Å². The Bertz CT molecular complexity index is 904. The molecule has 0 N–H and O–H groups in total. The maximum Gasteiger partial charge on any atom is 0.410 e. The summed E-state index contributed by atoms with van der Waals surface area (Å²) >= 11 is 0. The number of hydrogen-bond donors (Lipinski definition) is 0. The molecule has 0 bridgehead atoms. The number of amides is 1. The highest BCUT2D eigenvalue weighted by molar-refractivity contribution is 5.73. The summed E-state index contributed by atoms with van der Waals surface area (Å²) in [5.41, 5.74) is 4.41. The van der Waals surface area contributed by atoms with Crippen LogP contribution in [-0.2, 0) is 11.2 Å². The van der Waals surface area contributed by atoms with Gasteiger partial charge in [-0.05, 0) is 80.8 Å². The van der Waals surface area contributed by atoms with Crippen molar-refractivity contribution in [3.05, 3.63) is 59.2 Å². The van der Waals surface area contributed by atoms with Crippen molar-refractivity contribution in [2.75, 3.05) is 6.54 Å². The highest BCUT2D eigenvalue weighted by Crippen LogP contribution is 2.35. The predicted octanol–water partition coefficient (Wildman–Crippen LogP) is 6.25. The summed E-state index contributed by atoms with van der Waals surface area (Å²) in [6.45, 7) is 8.50. The summed E-state index contributed by atoms with van der Waals surface area (Å²) in [6, 6.07) is 16.6. The van der Waals surface area contributed by atoms with Gasteiger partial charge in [0.1, 0.15) is 5.60 Å². The van der Waals surface area contributed by atoms with Crippen molar-refractivity contribution in [3.63, 3.8) is 0 Å². The van der Waals surface area contributed by atoms with E-state index in [-0.39, 0.29) is 12.1 Å². The zero-order valence-corrected chi connectivity index (χ0v) is 17.9. The summed E-state index contributed by atoms with van der Waals surface area (Å²) in [4.78, 5) is 14.6. The molecular weight excluding hydrogens is 360 g/mol. The van der Waals surface area contributed by atoms with Gasteiger partial charge in [-0.3, -0.25) is 0 Å². The van der Waals surface area contributed by atoms with Gasteiger partial charge in [0.2, 0.25) is 0 Å². The minimum atomic E-state index is -0.518. The van der Waals surface area contributed by atoms with Crippen LogP contribution in [0.5, 0.6) is 0 Å². The number of aryl methyl sites for hydroxylation is 1. The second kappa shape index (κ2) is 8.69. The Balaban J connectivity index is 1.96. The largest absolute Gasteiger partial charge is 0.444 e. The average Bonchev–Trinajstić information content (AvgIpc) is 2.72. The van der Waals surface area contributed by atoms with Crippen LogP contribution in [0.25, 0.3) is 11.1 Å². The summed E-state index contributed by atoms with van der Waals surface area (Å²) in [5, 5.41) is 9.62. The molecule has 4 heteroatoms. The molecule has 1 fully saturated rings. The first kappa shape index (κ1) is 20.9. The predicted molar refractivity (Wildman–Crippen MR) is 116 cm³/mol. The summed E-state index contributed by atoms with van der Waals surface area (Å²) in [5.74, 6) is 0. The molecule has 1 unspecified atom stereocenters. The van der Waals surface area contributed by atoms with Gasteiger partial charge in [-0.15, -0.1) is 0 Å². The van der Waals surface area contributed by atoms with Gasteiger partial charge in [0.05, 0.1) is 17.7 Å². The topological polar surface area (TPSA) is 53.3 Å². The molecule has 29 heavy (non-hydrogen) atoms. The second-order valence-electron chi connectivity index (χ2n) is 8.65. The molecule has 0 spiro atoms. The SMILES string of the molecule is CCc1ccc(-c2cc(C3CCCCN3C(=O)OC(C)(C)C)ccc2C#N)cc1. The first-order valence-electron chi connectivity index (χ1n) is 10.5. The zero-order chi connectivity index (χ0) is 21.0. The molecule has 4 nitrogen and oxygen atoms in total. The molecule has 2 aromatic rings. The first-order chi connectivity index (χ1) is 13.8. The number of nitriles is 1. The molecule has 1 atom stereocenters. The molecule has 1 aliphatic rings. The van der Waals surface area contributed by atoms with Crippen molar-refractivity contribution >= 4 is 6.09 Å². The van der Waals surface area contributed by atoms with Crippen LogP contribution >= 0.6 is 0 Å². The fourth-order valence-electron chi connectivity index (χ4n) is 3.84. The molecule has 1 amide bonds. The molecule has 0 aromatic heterocycles. The van der Waals surface area contributed by atoms with Gasteiger partial charge >= 0.3 is 6.09 Å². The normalized spacial score (nSPS) is 16.9. The average molecular weight is 391 g/mol. The van der Waals surface area contributed by atoms with Gasteiger partial charge in [-0.1, -0.05) is 37.3 Å². The van der Waals surface area contributed by atoms with E-state index < -0.39 is 5.60 Å². The Morgan fingerprint density at radius 1 is 1.17 bits per heavy atom. The summed E-state index contributed by atoms with van der Waals surface area (Å²) < 4.78 is 5.65. The van der Waals surface area contributed by atoms with E-state index in [1.165, 1.54) is 5.56 Å². The second-order valence-corrected chi connectivity index (χ2v) is 8.65. The van der Waals surface area contributed by atoms with Crippen LogP contribution in [0.15, 0.2) is 42.5 Å². The van der Waals surface area contributed by atoms with E-state index in [1.807, 2.05) is 37.8 Å². The van der Waals surface area contributed by atoms with E-state index in [1.54, 1.807) is 0 Å². The van der Waals surface area contributed by atoms with Gasteiger partial charge < -0.3 is 9.64 Å². The Labute approximate surface area is 174 Å². The maximum absolute atomic E-state index is 12.8. The number of rotatable bonds is 3. The Hall–Kier alpha value is -2.80. The van der Waals surface area contributed by atoms with Crippen LogP contribution in [-0.4, -0.2) is 23.1 Å². The van der Waals surface area contributed by atoms with E-state index in [9.17, 15) is 10.1 Å². The van der Waals surface area contributed by atoms with Gasteiger partial charge in [0.25, 0.3) is 0 Å². The fraction of sp³-hybridized carbons (Fsp3) is 0.440. The smallest absolute Gasteiger partial charge is 0.410 e. The Kier molecular flexibility index (Phi) is 6.27. The van der Waals surface area contributed by atoms with Crippen molar-refractivity contribution < 1.29 is 9.53 Å².